The zero-order valence-electron chi connectivity index (χ0n) is 10.4. The van der Waals surface area contributed by atoms with Crippen LogP contribution < -0.4 is 11.1 Å². The summed E-state index contributed by atoms with van der Waals surface area (Å²) < 4.78 is 0. The number of hydrogen-bond acceptors (Lipinski definition) is 4. The van der Waals surface area contributed by atoms with Gasteiger partial charge in [0.05, 0.1) is 17.4 Å². The molecule has 17 heavy (non-hydrogen) atoms. The molecule has 0 saturated carbocycles. The zero-order chi connectivity index (χ0) is 13.0. The molecule has 0 spiro atoms. The lowest BCUT2D eigenvalue weighted by Crippen LogP contribution is -2.24. The van der Waals surface area contributed by atoms with Gasteiger partial charge in [0, 0.05) is 6.04 Å². The van der Waals surface area contributed by atoms with Gasteiger partial charge < -0.3 is 16.2 Å². The van der Waals surface area contributed by atoms with Gasteiger partial charge in [-0.25, -0.2) is 9.78 Å². The Labute approximate surface area is 101 Å². The molecule has 0 radical (unpaired) electrons. The number of anilines is 2. The first-order valence-electron chi connectivity index (χ1n) is 5.71. The molecule has 5 nitrogen and oxygen atoms in total. The average molecular weight is 237 g/mol. The van der Waals surface area contributed by atoms with Crippen LogP contribution in [0.3, 0.4) is 0 Å². The Morgan fingerprint density at radius 1 is 1.59 bits per heavy atom. The van der Waals surface area contributed by atoms with Crippen molar-refractivity contribution < 1.29 is 9.90 Å². The van der Waals surface area contributed by atoms with E-state index in [0.29, 0.717) is 11.7 Å². The normalized spacial score (nSPS) is 14.1. The largest absolute Gasteiger partial charge is 0.478 e. The van der Waals surface area contributed by atoms with E-state index in [1.54, 1.807) is 0 Å². The van der Waals surface area contributed by atoms with Gasteiger partial charge in [-0.2, -0.15) is 0 Å². The molecule has 1 aromatic heterocycles. The summed E-state index contributed by atoms with van der Waals surface area (Å²) in [5.41, 5.74) is 5.80. The second-order valence-corrected chi connectivity index (χ2v) is 4.28. The number of carbonyl (C=O) groups is 1. The predicted molar refractivity (Wildman–Crippen MR) is 68.1 cm³/mol. The predicted octanol–water partition coefficient (Wildman–Crippen LogP) is 2.21. The Kier molecular flexibility index (Phi) is 4.31. The van der Waals surface area contributed by atoms with E-state index in [1.807, 2.05) is 6.92 Å². The van der Waals surface area contributed by atoms with Crippen LogP contribution in [0.2, 0.25) is 0 Å². The fourth-order valence-electron chi connectivity index (χ4n) is 1.46. The standard InChI is InChI=1S/C12H19N3O2/c1-4-7(2)8(3)15-11-5-9(12(16)17)10(13)6-14-11/h5-8H,4,13H2,1-3H3,(H,14,15)(H,16,17). The highest BCUT2D eigenvalue weighted by Crippen LogP contribution is 2.17. The van der Waals surface area contributed by atoms with E-state index >= 15 is 0 Å². The molecule has 0 aliphatic rings. The first-order valence-corrected chi connectivity index (χ1v) is 5.71. The van der Waals surface area contributed by atoms with E-state index in [1.165, 1.54) is 12.3 Å². The van der Waals surface area contributed by atoms with Crippen molar-refractivity contribution in [3.8, 4) is 0 Å². The third-order valence-electron chi connectivity index (χ3n) is 3.04. The van der Waals surface area contributed by atoms with Gasteiger partial charge in [-0.3, -0.25) is 0 Å². The van der Waals surface area contributed by atoms with Gasteiger partial charge in [-0.05, 0) is 18.9 Å². The van der Waals surface area contributed by atoms with Crippen molar-refractivity contribution in [1.29, 1.82) is 0 Å². The van der Waals surface area contributed by atoms with Crippen molar-refractivity contribution in [1.82, 2.24) is 4.98 Å². The Balaban J connectivity index is 2.86. The van der Waals surface area contributed by atoms with Crippen LogP contribution in [0.5, 0.6) is 0 Å². The van der Waals surface area contributed by atoms with Crippen LogP contribution in [0, 0.1) is 5.92 Å². The SMILES string of the molecule is CCC(C)C(C)Nc1cc(C(=O)O)c(N)cn1. The molecule has 5 heteroatoms. The summed E-state index contributed by atoms with van der Waals surface area (Å²) in [7, 11) is 0. The lowest BCUT2D eigenvalue weighted by atomic mass is 10.0. The Bertz CT molecular complexity index is 407. The van der Waals surface area contributed by atoms with E-state index in [9.17, 15) is 4.79 Å². The van der Waals surface area contributed by atoms with Gasteiger partial charge in [0.1, 0.15) is 5.82 Å². The number of nitrogen functional groups attached to an aromatic ring is 1. The first kappa shape index (κ1) is 13.3. The summed E-state index contributed by atoms with van der Waals surface area (Å²) in [5, 5.41) is 12.1. The molecule has 0 aliphatic heterocycles. The highest BCUT2D eigenvalue weighted by Gasteiger charge is 2.13. The smallest absolute Gasteiger partial charge is 0.337 e. The molecule has 0 amide bonds. The van der Waals surface area contributed by atoms with Gasteiger partial charge in [0.15, 0.2) is 0 Å². The topological polar surface area (TPSA) is 88.2 Å². The second-order valence-electron chi connectivity index (χ2n) is 4.28. The summed E-state index contributed by atoms with van der Waals surface area (Å²) in [6.07, 6.45) is 2.42. The monoisotopic (exact) mass is 237 g/mol. The van der Waals surface area contributed by atoms with Crippen molar-refractivity contribution >= 4 is 17.5 Å². The van der Waals surface area contributed by atoms with Gasteiger partial charge >= 0.3 is 5.97 Å². The summed E-state index contributed by atoms with van der Waals surface area (Å²) in [6.45, 7) is 6.29. The Morgan fingerprint density at radius 2 is 2.24 bits per heavy atom. The maximum absolute atomic E-state index is 10.9. The lowest BCUT2D eigenvalue weighted by molar-refractivity contribution is 0.0698. The number of hydrogen-bond donors (Lipinski definition) is 3. The Morgan fingerprint density at radius 3 is 2.76 bits per heavy atom. The molecule has 0 aromatic carbocycles. The van der Waals surface area contributed by atoms with E-state index in [4.69, 9.17) is 10.8 Å². The molecule has 0 bridgehead atoms. The Hall–Kier alpha value is -1.78. The maximum Gasteiger partial charge on any atom is 0.337 e. The summed E-state index contributed by atoms with van der Waals surface area (Å²) in [5.74, 6) is -0.00354. The number of aromatic nitrogens is 1. The summed E-state index contributed by atoms with van der Waals surface area (Å²) >= 11 is 0. The molecule has 4 N–H and O–H groups in total. The van der Waals surface area contributed by atoms with Crippen molar-refractivity contribution in [3.05, 3.63) is 17.8 Å². The third-order valence-corrected chi connectivity index (χ3v) is 3.04. The van der Waals surface area contributed by atoms with Gasteiger partial charge in [0.25, 0.3) is 0 Å². The average Bonchev–Trinajstić information content (AvgIpc) is 2.30. The molecular weight excluding hydrogens is 218 g/mol. The van der Waals surface area contributed by atoms with Gasteiger partial charge in [0.2, 0.25) is 0 Å². The van der Waals surface area contributed by atoms with Gasteiger partial charge in [-0.1, -0.05) is 20.3 Å². The fourth-order valence-corrected chi connectivity index (χ4v) is 1.46. The molecule has 0 aliphatic carbocycles. The lowest BCUT2D eigenvalue weighted by Gasteiger charge is -2.20. The highest BCUT2D eigenvalue weighted by atomic mass is 16.4. The molecule has 0 fully saturated rings. The molecule has 1 aromatic rings. The van der Waals surface area contributed by atoms with Crippen LogP contribution in [-0.4, -0.2) is 22.1 Å². The molecule has 2 atom stereocenters. The van der Waals surface area contributed by atoms with Crippen molar-refractivity contribution in [2.45, 2.75) is 33.2 Å². The number of carboxylic acids is 1. The van der Waals surface area contributed by atoms with E-state index < -0.39 is 5.97 Å². The second kappa shape index (κ2) is 5.52. The molecule has 2 unspecified atom stereocenters. The van der Waals surface area contributed by atoms with E-state index in [-0.39, 0.29) is 17.3 Å². The first-order chi connectivity index (χ1) is 7.95. The molecule has 94 valence electrons. The van der Waals surface area contributed by atoms with Crippen LogP contribution >= 0.6 is 0 Å². The minimum Gasteiger partial charge on any atom is -0.478 e. The number of nitrogens with two attached hydrogens (primary N) is 1. The number of rotatable bonds is 5. The molecule has 1 rings (SSSR count). The molecular formula is C12H19N3O2. The van der Waals surface area contributed by atoms with Crippen molar-refractivity contribution in [2.24, 2.45) is 5.92 Å². The maximum atomic E-state index is 10.9. The van der Waals surface area contributed by atoms with Crippen LogP contribution in [0.25, 0.3) is 0 Å². The summed E-state index contributed by atoms with van der Waals surface area (Å²) in [4.78, 5) is 15.0. The van der Waals surface area contributed by atoms with Crippen LogP contribution in [0.15, 0.2) is 12.3 Å². The molecule has 1 heterocycles. The van der Waals surface area contributed by atoms with Crippen LogP contribution in [0.4, 0.5) is 11.5 Å². The van der Waals surface area contributed by atoms with E-state index in [2.05, 4.69) is 24.1 Å². The number of nitrogens with zero attached hydrogens (tertiary/aromatic N) is 1. The van der Waals surface area contributed by atoms with Gasteiger partial charge in [-0.15, -0.1) is 0 Å². The number of carboxylic acid groups (broad SMARTS) is 1. The minimum absolute atomic E-state index is 0.0823. The van der Waals surface area contributed by atoms with Crippen LogP contribution in [-0.2, 0) is 0 Å². The van der Waals surface area contributed by atoms with Crippen LogP contribution in [0.1, 0.15) is 37.6 Å². The van der Waals surface area contributed by atoms with Crippen molar-refractivity contribution in [3.63, 3.8) is 0 Å². The highest BCUT2D eigenvalue weighted by molar-refractivity contribution is 5.94. The zero-order valence-corrected chi connectivity index (χ0v) is 10.4. The van der Waals surface area contributed by atoms with E-state index in [0.717, 1.165) is 6.42 Å². The molecule has 0 saturated heterocycles. The quantitative estimate of drug-likeness (QED) is 0.730. The number of pyridine rings is 1. The fraction of sp³-hybridized carbons (Fsp3) is 0.500. The minimum atomic E-state index is -1.04. The third kappa shape index (κ3) is 3.34. The van der Waals surface area contributed by atoms with Crippen molar-refractivity contribution in [2.75, 3.05) is 11.1 Å². The summed E-state index contributed by atoms with van der Waals surface area (Å²) in [6, 6.07) is 1.70. The number of aromatic carboxylic acids is 1. The number of nitrogens with one attached hydrogen (secondary N) is 1.